The molecular weight excluding hydrogens is 492 g/mol. The summed E-state index contributed by atoms with van der Waals surface area (Å²) in [7, 11) is 1.68. The van der Waals surface area contributed by atoms with Crippen molar-refractivity contribution >= 4 is 32.7 Å². The van der Waals surface area contributed by atoms with Crippen molar-refractivity contribution in [1.82, 2.24) is 9.55 Å². The zero-order chi connectivity index (χ0) is 24.6. The number of benzene rings is 1. The molecule has 178 valence electrons. The highest BCUT2D eigenvalue weighted by atomic mass is 79.9. The minimum absolute atomic E-state index is 0.0596. The van der Waals surface area contributed by atoms with Crippen LogP contribution in [0.15, 0.2) is 45.8 Å². The Morgan fingerprint density at radius 3 is 2.56 bits per heavy atom. The van der Waals surface area contributed by atoms with Crippen molar-refractivity contribution in [1.29, 1.82) is 5.26 Å². The molecular formula is C27H31BrN4O2. The molecule has 2 atom stereocenters. The number of halogens is 1. The topological polar surface area (TPSA) is 71.2 Å². The Morgan fingerprint density at radius 2 is 1.94 bits per heavy atom. The minimum atomic E-state index is -0.296. The summed E-state index contributed by atoms with van der Waals surface area (Å²) < 4.78 is 8.55. The molecule has 0 amide bonds. The molecule has 0 radical (unpaired) electrons. The molecule has 0 N–H and O–H groups in total. The zero-order valence-electron chi connectivity index (χ0n) is 20.4. The second kappa shape index (κ2) is 9.42. The van der Waals surface area contributed by atoms with E-state index in [4.69, 9.17) is 4.74 Å². The molecule has 0 spiro atoms. The van der Waals surface area contributed by atoms with Gasteiger partial charge in [-0.1, -0.05) is 39.8 Å². The number of ether oxygens (including phenoxy) is 1. The van der Waals surface area contributed by atoms with Crippen LogP contribution in [0.5, 0.6) is 5.75 Å². The molecule has 0 bridgehead atoms. The van der Waals surface area contributed by atoms with E-state index in [9.17, 15) is 10.1 Å². The fourth-order valence-electron chi connectivity index (χ4n) is 4.64. The third-order valence-corrected chi connectivity index (χ3v) is 7.68. The third kappa shape index (κ3) is 4.44. The van der Waals surface area contributed by atoms with Crippen molar-refractivity contribution in [2.45, 2.75) is 52.1 Å². The number of aryl methyl sites for hydroxylation is 1. The van der Waals surface area contributed by atoms with E-state index in [2.05, 4.69) is 83.8 Å². The van der Waals surface area contributed by atoms with Crippen LogP contribution in [0.2, 0.25) is 0 Å². The van der Waals surface area contributed by atoms with E-state index in [0.29, 0.717) is 34.4 Å². The average molecular weight is 523 g/mol. The quantitative estimate of drug-likeness (QED) is 0.410. The van der Waals surface area contributed by atoms with Crippen LogP contribution >= 0.6 is 15.9 Å². The van der Waals surface area contributed by atoms with E-state index >= 15 is 0 Å². The number of nitrogens with zero attached hydrogens (tertiary/aromatic N) is 4. The average Bonchev–Trinajstić information content (AvgIpc) is 2.82. The van der Waals surface area contributed by atoms with Gasteiger partial charge in [0.25, 0.3) is 5.56 Å². The van der Waals surface area contributed by atoms with Crippen LogP contribution < -0.4 is 15.2 Å². The molecule has 34 heavy (non-hydrogen) atoms. The van der Waals surface area contributed by atoms with Crippen molar-refractivity contribution in [2.75, 3.05) is 18.0 Å². The first kappa shape index (κ1) is 24.3. The molecule has 1 aliphatic rings. The van der Waals surface area contributed by atoms with Crippen molar-refractivity contribution in [3.8, 4) is 11.8 Å². The summed E-state index contributed by atoms with van der Waals surface area (Å²) in [6.07, 6.45) is 1.93. The molecule has 1 saturated heterocycles. The van der Waals surface area contributed by atoms with Crippen LogP contribution in [0.4, 0.5) is 5.69 Å². The first-order valence-corrected chi connectivity index (χ1v) is 12.6. The first-order chi connectivity index (χ1) is 16.2. The lowest BCUT2D eigenvalue weighted by Crippen LogP contribution is -2.45. The Hall–Kier alpha value is -2.85. The maximum absolute atomic E-state index is 12.9. The number of fused-ring (bicyclic) bond motifs is 1. The van der Waals surface area contributed by atoms with Crippen molar-refractivity contribution in [3.63, 3.8) is 0 Å². The number of hydrogen-bond donors (Lipinski definition) is 0. The zero-order valence-corrected chi connectivity index (χ0v) is 22.0. The van der Waals surface area contributed by atoms with Crippen LogP contribution in [0.25, 0.3) is 11.0 Å². The molecule has 0 aliphatic carbocycles. The first-order valence-electron chi connectivity index (χ1n) is 11.8. The summed E-state index contributed by atoms with van der Waals surface area (Å²) in [5, 5.41) is 9.84. The van der Waals surface area contributed by atoms with Crippen molar-refractivity contribution in [3.05, 3.63) is 62.5 Å². The van der Waals surface area contributed by atoms with Gasteiger partial charge in [-0.3, -0.25) is 4.79 Å². The summed E-state index contributed by atoms with van der Waals surface area (Å²) in [4.78, 5) is 19.7. The number of nitriles is 1. The maximum Gasteiger partial charge on any atom is 0.270 e. The summed E-state index contributed by atoms with van der Waals surface area (Å²) in [6.45, 7) is 10.2. The largest absolute Gasteiger partial charge is 0.490 e. The Kier molecular flexibility index (Phi) is 6.73. The van der Waals surface area contributed by atoms with E-state index in [1.165, 1.54) is 10.1 Å². The second-order valence-corrected chi connectivity index (χ2v) is 10.6. The Balaban J connectivity index is 1.59. The van der Waals surface area contributed by atoms with Gasteiger partial charge in [0.05, 0.1) is 11.2 Å². The highest BCUT2D eigenvalue weighted by Crippen LogP contribution is 2.33. The fraction of sp³-hybridized carbons (Fsp3) is 0.444. The predicted molar refractivity (Wildman–Crippen MR) is 140 cm³/mol. The molecule has 2 aromatic heterocycles. The predicted octanol–water partition coefficient (Wildman–Crippen LogP) is 5.55. The van der Waals surface area contributed by atoms with Crippen molar-refractivity contribution < 1.29 is 4.74 Å². The fourth-order valence-corrected chi connectivity index (χ4v) is 4.95. The summed E-state index contributed by atoms with van der Waals surface area (Å²) in [5.74, 6) is 1.08. The normalized spacial score (nSPS) is 18.7. The van der Waals surface area contributed by atoms with E-state index in [0.717, 1.165) is 18.6 Å². The van der Waals surface area contributed by atoms with Gasteiger partial charge in [-0.25, -0.2) is 4.98 Å². The molecule has 0 unspecified atom stereocenters. The third-order valence-electron chi connectivity index (χ3n) is 7.24. The highest BCUT2D eigenvalue weighted by molar-refractivity contribution is 9.10. The van der Waals surface area contributed by atoms with Crippen LogP contribution in [-0.4, -0.2) is 28.7 Å². The maximum atomic E-state index is 12.9. The number of piperidine rings is 1. The number of pyridine rings is 2. The Labute approximate surface area is 209 Å². The summed E-state index contributed by atoms with van der Waals surface area (Å²) in [6, 6.07) is 14.3. The minimum Gasteiger partial charge on any atom is -0.490 e. The summed E-state index contributed by atoms with van der Waals surface area (Å²) in [5.41, 5.74) is 3.30. The van der Waals surface area contributed by atoms with Gasteiger partial charge in [0.2, 0.25) is 0 Å². The molecule has 7 heteroatoms. The molecule has 3 heterocycles. The summed E-state index contributed by atoms with van der Waals surface area (Å²) >= 11 is 3.44. The molecule has 4 rings (SSSR count). The smallest absolute Gasteiger partial charge is 0.270 e. The van der Waals surface area contributed by atoms with Crippen LogP contribution in [-0.2, 0) is 12.5 Å². The van der Waals surface area contributed by atoms with Crippen LogP contribution in [0.1, 0.15) is 51.7 Å². The number of hydrogen-bond acceptors (Lipinski definition) is 5. The van der Waals surface area contributed by atoms with Gasteiger partial charge in [-0.2, -0.15) is 5.26 Å². The van der Waals surface area contributed by atoms with Crippen molar-refractivity contribution in [2.24, 2.45) is 13.0 Å². The van der Waals surface area contributed by atoms with Gasteiger partial charge >= 0.3 is 0 Å². The molecule has 3 aromatic rings. The van der Waals surface area contributed by atoms with E-state index in [1.807, 2.05) is 12.1 Å². The van der Waals surface area contributed by atoms with Crippen LogP contribution in [0.3, 0.4) is 0 Å². The van der Waals surface area contributed by atoms with Gasteiger partial charge in [0.15, 0.2) is 0 Å². The van der Waals surface area contributed by atoms with E-state index in [-0.39, 0.29) is 28.6 Å². The van der Waals surface area contributed by atoms with Gasteiger partial charge in [0.1, 0.15) is 33.6 Å². The Bertz CT molecular complexity index is 1310. The van der Waals surface area contributed by atoms with Gasteiger partial charge < -0.3 is 14.2 Å². The SMILES string of the molecule is CCC(C)(C)c1ccc(O[C@H]2CCN(c3c(C#N)c(=O)n(C)c4ccc(Br)nc34)C[C@@H]2C)cc1. The lowest BCUT2D eigenvalue weighted by atomic mass is 9.82. The lowest BCUT2D eigenvalue weighted by Gasteiger charge is -2.38. The van der Waals surface area contributed by atoms with Crippen LogP contribution in [0, 0.1) is 17.2 Å². The molecule has 1 fully saturated rings. The highest BCUT2D eigenvalue weighted by Gasteiger charge is 2.31. The standard InChI is InChI=1S/C27H31BrN4O2/c1-6-27(3,4)18-7-9-19(10-8-18)34-22-13-14-32(16-17(22)2)25-20(15-29)26(33)31(5)21-11-12-23(28)30-24(21)25/h7-12,17,22H,6,13-14,16H2,1-5H3/t17-,22-/m0/s1. The van der Waals surface area contributed by atoms with E-state index < -0.39 is 0 Å². The second-order valence-electron chi connectivity index (χ2n) is 9.83. The molecule has 6 nitrogen and oxygen atoms in total. The lowest BCUT2D eigenvalue weighted by molar-refractivity contribution is 0.121. The number of aromatic nitrogens is 2. The van der Waals surface area contributed by atoms with Gasteiger partial charge in [0, 0.05) is 32.5 Å². The number of rotatable bonds is 5. The molecule has 1 aromatic carbocycles. The van der Waals surface area contributed by atoms with E-state index in [1.54, 1.807) is 7.05 Å². The van der Waals surface area contributed by atoms with Gasteiger partial charge in [-0.15, -0.1) is 0 Å². The number of anilines is 1. The Morgan fingerprint density at radius 1 is 1.24 bits per heavy atom. The molecule has 1 aliphatic heterocycles. The van der Waals surface area contributed by atoms with Gasteiger partial charge in [-0.05, 0) is 57.6 Å². The molecule has 0 saturated carbocycles. The monoisotopic (exact) mass is 522 g/mol.